The zero-order chi connectivity index (χ0) is 22.2. The Morgan fingerprint density at radius 2 is 1.84 bits per heavy atom. The van der Waals surface area contributed by atoms with Gasteiger partial charge >= 0.3 is 5.97 Å². The van der Waals surface area contributed by atoms with Crippen LogP contribution in [0.1, 0.15) is 21.5 Å². The Kier molecular flexibility index (Phi) is 7.66. The van der Waals surface area contributed by atoms with E-state index in [4.69, 9.17) is 4.74 Å². The molecule has 31 heavy (non-hydrogen) atoms. The molecule has 1 fully saturated rings. The van der Waals surface area contributed by atoms with E-state index in [1.807, 2.05) is 31.2 Å². The highest BCUT2D eigenvalue weighted by Gasteiger charge is 2.24. The van der Waals surface area contributed by atoms with Crippen LogP contribution in [0.3, 0.4) is 0 Å². The monoisotopic (exact) mass is 441 g/mol. The van der Waals surface area contributed by atoms with Crippen molar-refractivity contribution < 1.29 is 23.9 Å². The maximum Gasteiger partial charge on any atom is 0.326 e. The number of rotatable bonds is 8. The third-order valence-corrected chi connectivity index (χ3v) is 5.47. The SMILES string of the molecule is Cc1ccc(CNC(=O)c2ccccc2NC(=O)COC(=O)CN2CSCC2=O)cc1. The van der Waals surface area contributed by atoms with Crippen molar-refractivity contribution in [3.05, 3.63) is 65.2 Å². The van der Waals surface area contributed by atoms with E-state index < -0.39 is 18.5 Å². The van der Waals surface area contributed by atoms with Gasteiger partial charge in [-0.15, -0.1) is 11.8 Å². The number of anilines is 1. The molecule has 2 aromatic rings. The van der Waals surface area contributed by atoms with Crippen LogP contribution in [0.2, 0.25) is 0 Å². The summed E-state index contributed by atoms with van der Waals surface area (Å²) in [5, 5.41) is 5.42. The first-order valence-corrected chi connectivity index (χ1v) is 10.8. The lowest BCUT2D eigenvalue weighted by Gasteiger charge is -2.14. The number of para-hydroxylation sites is 1. The average Bonchev–Trinajstić information content (AvgIpc) is 3.16. The van der Waals surface area contributed by atoms with E-state index in [0.717, 1.165) is 11.1 Å². The highest BCUT2D eigenvalue weighted by molar-refractivity contribution is 8.00. The van der Waals surface area contributed by atoms with E-state index in [0.29, 0.717) is 29.4 Å². The van der Waals surface area contributed by atoms with Crippen molar-refractivity contribution in [3.8, 4) is 0 Å². The minimum Gasteiger partial charge on any atom is -0.454 e. The number of thioether (sulfide) groups is 1. The summed E-state index contributed by atoms with van der Waals surface area (Å²) in [7, 11) is 0. The number of aryl methyl sites for hydroxylation is 1. The van der Waals surface area contributed by atoms with Crippen molar-refractivity contribution in [1.82, 2.24) is 10.2 Å². The van der Waals surface area contributed by atoms with Crippen LogP contribution in [0.15, 0.2) is 48.5 Å². The van der Waals surface area contributed by atoms with Gasteiger partial charge in [0.1, 0.15) is 6.54 Å². The van der Waals surface area contributed by atoms with Crippen molar-refractivity contribution in [2.24, 2.45) is 0 Å². The van der Waals surface area contributed by atoms with E-state index >= 15 is 0 Å². The van der Waals surface area contributed by atoms with Gasteiger partial charge in [-0.05, 0) is 24.6 Å². The second-order valence-corrected chi connectivity index (χ2v) is 7.95. The van der Waals surface area contributed by atoms with Gasteiger partial charge in [0.15, 0.2) is 6.61 Å². The van der Waals surface area contributed by atoms with Crippen LogP contribution in [-0.2, 0) is 25.7 Å². The molecule has 9 heteroatoms. The van der Waals surface area contributed by atoms with E-state index in [1.54, 1.807) is 24.3 Å². The predicted molar refractivity (Wildman–Crippen MR) is 117 cm³/mol. The van der Waals surface area contributed by atoms with Gasteiger partial charge in [0, 0.05) is 6.54 Å². The van der Waals surface area contributed by atoms with Crippen molar-refractivity contribution in [1.29, 1.82) is 0 Å². The fraction of sp³-hybridized carbons (Fsp3) is 0.273. The molecule has 1 saturated heterocycles. The van der Waals surface area contributed by atoms with E-state index in [1.165, 1.54) is 16.7 Å². The number of benzene rings is 2. The fourth-order valence-electron chi connectivity index (χ4n) is 2.85. The molecule has 1 heterocycles. The minimum atomic E-state index is -0.657. The summed E-state index contributed by atoms with van der Waals surface area (Å²) < 4.78 is 4.95. The number of carbonyl (C=O) groups excluding carboxylic acids is 4. The number of hydrogen-bond donors (Lipinski definition) is 2. The molecule has 0 spiro atoms. The molecule has 8 nitrogen and oxygen atoms in total. The second kappa shape index (κ2) is 10.6. The van der Waals surface area contributed by atoms with Gasteiger partial charge in [0.05, 0.1) is 22.9 Å². The van der Waals surface area contributed by atoms with Gasteiger partial charge in [0.25, 0.3) is 11.8 Å². The smallest absolute Gasteiger partial charge is 0.326 e. The molecule has 0 saturated carbocycles. The zero-order valence-electron chi connectivity index (χ0n) is 17.1. The van der Waals surface area contributed by atoms with Gasteiger partial charge < -0.3 is 20.3 Å². The molecule has 0 unspecified atom stereocenters. The number of carbonyl (C=O) groups is 4. The summed E-state index contributed by atoms with van der Waals surface area (Å²) in [6.07, 6.45) is 0. The molecule has 2 N–H and O–H groups in total. The molecule has 162 valence electrons. The zero-order valence-corrected chi connectivity index (χ0v) is 17.9. The van der Waals surface area contributed by atoms with Crippen LogP contribution >= 0.6 is 11.8 Å². The third kappa shape index (κ3) is 6.58. The van der Waals surface area contributed by atoms with E-state index in [2.05, 4.69) is 10.6 Å². The molecule has 0 aliphatic carbocycles. The quantitative estimate of drug-likeness (QED) is 0.607. The van der Waals surface area contributed by atoms with Gasteiger partial charge in [-0.25, -0.2) is 0 Å². The number of hydrogen-bond acceptors (Lipinski definition) is 6. The summed E-state index contributed by atoms with van der Waals surface area (Å²) in [4.78, 5) is 49.5. The second-order valence-electron chi connectivity index (χ2n) is 6.99. The molecular weight excluding hydrogens is 418 g/mol. The molecule has 0 aromatic heterocycles. The van der Waals surface area contributed by atoms with Crippen LogP contribution in [0.25, 0.3) is 0 Å². The van der Waals surface area contributed by atoms with Crippen LogP contribution < -0.4 is 10.6 Å². The summed E-state index contributed by atoms with van der Waals surface area (Å²) in [5.74, 6) is -0.915. The first-order chi connectivity index (χ1) is 14.9. The standard InChI is InChI=1S/C22H23N3O5S/c1-15-6-8-16(9-7-15)10-23-22(29)17-4-2-3-5-18(17)24-19(26)12-30-21(28)11-25-14-31-13-20(25)27/h2-9H,10-14H2,1H3,(H,23,29)(H,24,26). The first-order valence-electron chi connectivity index (χ1n) is 9.66. The summed E-state index contributed by atoms with van der Waals surface area (Å²) in [6.45, 7) is 1.65. The Morgan fingerprint density at radius 3 is 2.55 bits per heavy atom. The Balaban J connectivity index is 1.51. The van der Waals surface area contributed by atoms with E-state index in [-0.39, 0.29) is 18.4 Å². The average molecular weight is 442 g/mol. The van der Waals surface area contributed by atoms with Crippen molar-refractivity contribution in [2.45, 2.75) is 13.5 Å². The molecule has 3 rings (SSSR count). The highest BCUT2D eigenvalue weighted by Crippen LogP contribution is 2.16. The van der Waals surface area contributed by atoms with Gasteiger partial charge in [-0.1, -0.05) is 42.0 Å². The van der Waals surface area contributed by atoms with Crippen LogP contribution in [0.4, 0.5) is 5.69 Å². The molecule has 3 amide bonds. The first kappa shape index (κ1) is 22.4. The van der Waals surface area contributed by atoms with Gasteiger partial charge in [-0.2, -0.15) is 0 Å². The maximum absolute atomic E-state index is 12.6. The van der Waals surface area contributed by atoms with Crippen molar-refractivity contribution in [3.63, 3.8) is 0 Å². The number of amides is 3. The Morgan fingerprint density at radius 1 is 1.10 bits per heavy atom. The molecule has 2 aromatic carbocycles. The van der Waals surface area contributed by atoms with Crippen molar-refractivity contribution >= 4 is 41.1 Å². The minimum absolute atomic E-state index is 0.128. The highest BCUT2D eigenvalue weighted by atomic mass is 32.2. The lowest BCUT2D eigenvalue weighted by atomic mass is 10.1. The van der Waals surface area contributed by atoms with Crippen molar-refractivity contribution in [2.75, 3.05) is 30.1 Å². The lowest BCUT2D eigenvalue weighted by Crippen LogP contribution is -2.33. The normalized spacial score (nSPS) is 13.1. The Bertz CT molecular complexity index is 977. The van der Waals surface area contributed by atoms with E-state index in [9.17, 15) is 19.2 Å². The molecule has 1 aliphatic rings. The summed E-state index contributed by atoms with van der Waals surface area (Å²) in [6, 6.07) is 14.4. The number of ether oxygens (including phenoxy) is 1. The van der Waals surface area contributed by atoms with Gasteiger partial charge in [0.2, 0.25) is 5.91 Å². The van der Waals surface area contributed by atoms with Crippen LogP contribution in [-0.4, -0.2) is 53.4 Å². The van der Waals surface area contributed by atoms with Crippen LogP contribution in [0, 0.1) is 6.92 Å². The Hall–Kier alpha value is -3.33. The fourth-order valence-corrected chi connectivity index (χ4v) is 3.75. The molecule has 0 atom stereocenters. The largest absolute Gasteiger partial charge is 0.454 e. The number of nitrogens with zero attached hydrogens (tertiary/aromatic N) is 1. The molecule has 0 bridgehead atoms. The third-order valence-electron chi connectivity index (χ3n) is 4.53. The number of nitrogens with one attached hydrogen (secondary N) is 2. The summed E-state index contributed by atoms with van der Waals surface area (Å²) in [5.41, 5.74) is 2.71. The predicted octanol–water partition coefficient (Wildman–Crippen LogP) is 1.94. The van der Waals surface area contributed by atoms with Crippen LogP contribution in [0.5, 0.6) is 0 Å². The maximum atomic E-state index is 12.6. The topological polar surface area (TPSA) is 105 Å². The molecule has 0 radical (unpaired) electrons. The van der Waals surface area contributed by atoms with Gasteiger partial charge in [-0.3, -0.25) is 19.2 Å². The number of esters is 1. The molecular formula is C22H23N3O5S. The lowest BCUT2D eigenvalue weighted by molar-refractivity contribution is -0.150. The Labute approximate surface area is 184 Å². The summed E-state index contributed by atoms with van der Waals surface area (Å²) >= 11 is 1.42. The molecule has 1 aliphatic heterocycles.